The van der Waals surface area contributed by atoms with Gasteiger partial charge in [0.1, 0.15) is 0 Å². The summed E-state index contributed by atoms with van der Waals surface area (Å²) in [7, 11) is 1.60. The minimum absolute atomic E-state index is 0.0755. The van der Waals surface area contributed by atoms with Gasteiger partial charge in [0.15, 0.2) is 0 Å². The molecule has 0 bridgehead atoms. The number of carbonyl (C=O) groups is 1. The number of halogens is 1. The average Bonchev–Trinajstić information content (AvgIpc) is 2.32. The zero-order chi connectivity index (χ0) is 13.5. The molecule has 0 aliphatic heterocycles. The summed E-state index contributed by atoms with van der Waals surface area (Å²) in [5.41, 5.74) is 8.32. The normalized spacial score (nSPS) is 10.2. The van der Waals surface area contributed by atoms with Crippen LogP contribution in [-0.2, 0) is 9.53 Å². The van der Waals surface area contributed by atoms with Crippen LogP contribution >= 0.6 is 15.9 Å². The monoisotopic (exact) mass is 315 g/mol. The maximum absolute atomic E-state index is 11.5. The molecule has 1 amide bonds. The van der Waals surface area contributed by atoms with Crippen molar-refractivity contribution in [2.45, 2.75) is 6.92 Å². The lowest BCUT2D eigenvalue weighted by molar-refractivity contribution is -0.119. The molecule has 1 rings (SSSR count). The van der Waals surface area contributed by atoms with E-state index in [1.54, 1.807) is 7.11 Å². The average molecular weight is 316 g/mol. The van der Waals surface area contributed by atoms with Crippen LogP contribution in [0.5, 0.6) is 0 Å². The fraction of sp³-hybridized carbons (Fsp3) is 0.417. The van der Waals surface area contributed by atoms with Gasteiger partial charge in [-0.15, -0.1) is 0 Å². The largest absolute Gasteiger partial charge is 0.398 e. The molecule has 1 aromatic carbocycles. The summed E-state index contributed by atoms with van der Waals surface area (Å²) in [4.78, 5) is 11.5. The predicted octanol–water partition coefficient (Wildman–Crippen LogP) is 1.51. The zero-order valence-corrected chi connectivity index (χ0v) is 12.1. The minimum Gasteiger partial charge on any atom is -0.398 e. The van der Waals surface area contributed by atoms with Gasteiger partial charge in [0.2, 0.25) is 5.91 Å². The number of anilines is 2. The molecule has 18 heavy (non-hydrogen) atoms. The highest BCUT2D eigenvalue weighted by molar-refractivity contribution is 9.10. The van der Waals surface area contributed by atoms with Gasteiger partial charge in [-0.1, -0.05) is 0 Å². The van der Waals surface area contributed by atoms with E-state index in [0.717, 1.165) is 21.4 Å². The Morgan fingerprint density at radius 2 is 2.22 bits per heavy atom. The zero-order valence-electron chi connectivity index (χ0n) is 10.5. The molecular weight excluding hydrogens is 298 g/mol. The smallest absolute Gasteiger partial charge is 0.239 e. The van der Waals surface area contributed by atoms with Crippen LogP contribution in [0.1, 0.15) is 5.56 Å². The van der Waals surface area contributed by atoms with E-state index in [1.165, 1.54) is 0 Å². The van der Waals surface area contributed by atoms with Crippen molar-refractivity contribution in [3.8, 4) is 0 Å². The van der Waals surface area contributed by atoms with Crippen LogP contribution in [0.25, 0.3) is 0 Å². The highest BCUT2D eigenvalue weighted by Gasteiger charge is 2.05. The summed E-state index contributed by atoms with van der Waals surface area (Å²) < 4.78 is 5.69. The van der Waals surface area contributed by atoms with E-state index in [4.69, 9.17) is 10.5 Å². The fourth-order valence-corrected chi connectivity index (χ4v) is 1.86. The standard InChI is InChI=1S/C12H18BrN3O2/c1-8-5-11(9(13)6-10(8)14)16-7-12(17)15-3-4-18-2/h5-6,16H,3-4,7,14H2,1-2H3,(H,15,17). The molecule has 0 spiro atoms. The topological polar surface area (TPSA) is 76.4 Å². The van der Waals surface area contributed by atoms with Crippen molar-refractivity contribution >= 4 is 33.2 Å². The van der Waals surface area contributed by atoms with Gasteiger partial charge >= 0.3 is 0 Å². The Labute approximate surface area is 115 Å². The van der Waals surface area contributed by atoms with Gasteiger partial charge < -0.3 is 21.1 Å². The van der Waals surface area contributed by atoms with Crippen LogP contribution in [0.3, 0.4) is 0 Å². The maximum atomic E-state index is 11.5. The third-order valence-corrected chi connectivity index (χ3v) is 3.08. The summed E-state index contributed by atoms with van der Waals surface area (Å²) in [6, 6.07) is 3.72. The number of nitrogens with one attached hydrogen (secondary N) is 2. The number of ether oxygens (including phenoxy) is 1. The van der Waals surface area contributed by atoms with E-state index < -0.39 is 0 Å². The van der Waals surface area contributed by atoms with Crippen LogP contribution < -0.4 is 16.4 Å². The van der Waals surface area contributed by atoms with Crippen LogP contribution in [-0.4, -0.2) is 32.7 Å². The second-order valence-electron chi connectivity index (χ2n) is 3.88. The Bertz CT molecular complexity index is 424. The first-order chi connectivity index (χ1) is 8.54. The highest BCUT2D eigenvalue weighted by atomic mass is 79.9. The van der Waals surface area contributed by atoms with Crippen molar-refractivity contribution in [1.29, 1.82) is 0 Å². The molecule has 0 aromatic heterocycles. The van der Waals surface area contributed by atoms with E-state index in [9.17, 15) is 4.79 Å². The Morgan fingerprint density at radius 1 is 1.50 bits per heavy atom. The molecule has 0 fully saturated rings. The molecule has 1 aromatic rings. The number of nitrogen functional groups attached to an aromatic ring is 1. The summed E-state index contributed by atoms with van der Waals surface area (Å²) in [5, 5.41) is 5.79. The van der Waals surface area contributed by atoms with Crippen LogP contribution in [0, 0.1) is 6.92 Å². The SMILES string of the molecule is COCCNC(=O)CNc1cc(C)c(N)cc1Br. The molecule has 4 N–H and O–H groups in total. The molecule has 0 aliphatic carbocycles. The van der Waals surface area contributed by atoms with E-state index in [0.29, 0.717) is 13.2 Å². The number of aryl methyl sites for hydroxylation is 1. The molecule has 0 saturated carbocycles. The van der Waals surface area contributed by atoms with Crippen molar-refractivity contribution in [3.05, 3.63) is 22.2 Å². The number of methoxy groups -OCH3 is 1. The molecule has 5 nitrogen and oxygen atoms in total. The van der Waals surface area contributed by atoms with Gasteiger partial charge in [-0.25, -0.2) is 0 Å². The summed E-state index contributed by atoms with van der Waals surface area (Å²) in [6.07, 6.45) is 0. The lowest BCUT2D eigenvalue weighted by Gasteiger charge is -2.11. The second kappa shape index (κ2) is 7.23. The van der Waals surface area contributed by atoms with Crippen molar-refractivity contribution in [2.75, 3.05) is 37.9 Å². The third-order valence-electron chi connectivity index (χ3n) is 2.42. The number of hydrogen-bond donors (Lipinski definition) is 3. The molecule has 0 radical (unpaired) electrons. The van der Waals surface area contributed by atoms with E-state index in [1.807, 2.05) is 19.1 Å². The molecule has 0 heterocycles. The quantitative estimate of drug-likeness (QED) is 0.549. The van der Waals surface area contributed by atoms with Crippen molar-refractivity contribution in [3.63, 3.8) is 0 Å². The Kier molecular flexibility index (Phi) is 5.94. The molecule has 0 unspecified atom stereocenters. The van der Waals surface area contributed by atoms with E-state index in [2.05, 4.69) is 26.6 Å². The van der Waals surface area contributed by atoms with Gasteiger partial charge in [0.25, 0.3) is 0 Å². The Morgan fingerprint density at radius 3 is 2.89 bits per heavy atom. The molecule has 0 aliphatic rings. The van der Waals surface area contributed by atoms with Crippen molar-refractivity contribution in [2.24, 2.45) is 0 Å². The molecule has 6 heteroatoms. The fourth-order valence-electron chi connectivity index (χ4n) is 1.36. The maximum Gasteiger partial charge on any atom is 0.239 e. The van der Waals surface area contributed by atoms with Crippen molar-refractivity contribution in [1.82, 2.24) is 5.32 Å². The lowest BCUT2D eigenvalue weighted by atomic mass is 10.2. The first-order valence-electron chi connectivity index (χ1n) is 5.59. The number of benzene rings is 1. The highest BCUT2D eigenvalue weighted by Crippen LogP contribution is 2.27. The minimum atomic E-state index is -0.0755. The molecule has 0 atom stereocenters. The van der Waals surface area contributed by atoms with E-state index in [-0.39, 0.29) is 12.5 Å². The van der Waals surface area contributed by atoms with Gasteiger partial charge in [0, 0.05) is 29.5 Å². The summed E-state index contributed by atoms with van der Waals surface area (Å²) in [6.45, 7) is 3.16. The van der Waals surface area contributed by atoms with Gasteiger partial charge in [0.05, 0.1) is 13.2 Å². The van der Waals surface area contributed by atoms with Gasteiger partial charge in [-0.3, -0.25) is 4.79 Å². The second-order valence-corrected chi connectivity index (χ2v) is 4.74. The van der Waals surface area contributed by atoms with Crippen LogP contribution in [0.4, 0.5) is 11.4 Å². The number of hydrogen-bond acceptors (Lipinski definition) is 4. The summed E-state index contributed by atoms with van der Waals surface area (Å²) in [5.74, 6) is -0.0755. The molecule has 100 valence electrons. The number of carbonyl (C=O) groups excluding carboxylic acids is 1. The van der Waals surface area contributed by atoms with Gasteiger partial charge in [-0.2, -0.15) is 0 Å². The Hall–Kier alpha value is -1.27. The van der Waals surface area contributed by atoms with Crippen molar-refractivity contribution < 1.29 is 9.53 Å². The Balaban J connectivity index is 2.48. The lowest BCUT2D eigenvalue weighted by Crippen LogP contribution is -2.32. The number of amides is 1. The molecule has 0 saturated heterocycles. The first kappa shape index (κ1) is 14.8. The predicted molar refractivity (Wildman–Crippen MR) is 76.7 cm³/mol. The number of rotatable bonds is 6. The van der Waals surface area contributed by atoms with Crippen LogP contribution in [0.2, 0.25) is 0 Å². The van der Waals surface area contributed by atoms with Crippen LogP contribution in [0.15, 0.2) is 16.6 Å². The third kappa shape index (κ3) is 4.54. The van der Waals surface area contributed by atoms with Gasteiger partial charge in [-0.05, 0) is 40.5 Å². The molecular formula is C12H18BrN3O2. The van der Waals surface area contributed by atoms with E-state index >= 15 is 0 Å². The number of nitrogens with two attached hydrogens (primary N) is 1. The summed E-state index contributed by atoms with van der Waals surface area (Å²) >= 11 is 3.40. The first-order valence-corrected chi connectivity index (χ1v) is 6.39.